The fourth-order valence-corrected chi connectivity index (χ4v) is 4.67. The van der Waals surface area contributed by atoms with Crippen LogP contribution in [0.1, 0.15) is 21.8 Å². The Morgan fingerprint density at radius 1 is 1.11 bits per heavy atom. The molecule has 1 aliphatic heterocycles. The molecule has 0 radical (unpaired) electrons. The van der Waals surface area contributed by atoms with Gasteiger partial charge < -0.3 is 4.98 Å². The van der Waals surface area contributed by atoms with Gasteiger partial charge in [-0.05, 0) is 25.0 Å². The number of fused-ring (bicyclic) bond motifs is 1. The Bertz CT molecular complexity index is 1030. The molecule has 1 fully saturated rings. The third-order valence-corrected chi connectivity index (χ3v) is 6.50. The zero-order chi connectivity index (χ0) is 19.5. The molecule has 0 spiro atoms. The van der Waals surface area contributed by atoms with Crippen molar-refractivity contribution in [2.24, 2.45) is 0 Å². The molecule has 5 nitrogen and oxygen atoms in total. The van der Waals surface area contributed by atoms with E-state index < -0.39 is 0 Å². The number of nitrogens with one attached hydrogen (secondary N) is 1. The molecule has 0 bridgehead atoms. The van der Waals surface area contributed by atoms with Crippen LogP contribution in [-0.4, -0.2) is 52.5 Å². The lowest BCUT2D eigenvalue weighted by Crippen LogP contribution is -2.46. The second-order valence-corrected chi connectivity index (χ2v) is 8.57. The molecule has 0 aliphatic carbocycles. The normalized spacial score (nSPS) is 16.4. The number of piperazine rings is 1. The maximum Gasteiger partial charge on any atom is 0.259 e. The van der Waals surface area contributed by atoms with Crippen molar-refractivity contribution in [1.82, 2.24) is 19.8 Å². The van der Waals surface area contributed by atoms with Crippen molar-refractivity contribution in [2.75, 3.05) is 32.7 Å². The Hall–Kier alpha value is -2.28. The highest BCUT2D eigenvalue weighted by atomic mass is 32.1. The third kappa shape index (κ3) is 4.24. The fraction of sp³-hybridized carbons (Fsp3) is 0.364. The summed E-state index contributed by atoms with van der Waals surface area (Å²) in [5.41, 5.74) is 2.29. The van der Waals surface area contributed by atoms with E-state index in [-0.39, 0.29) is 5.56 Å². The number of nitrogens with zero attached hydrogens (tertiary/aromatic N) is 3. The quantitative estimate of drug-likeness (QED) is 0.720. The molecule has 0 saturated carbocycles. The molecule has 6 heteroatoms. The summed E-state index contributed by atoms with van der Waals surface area (Å²) < 4.78 is 0. The van der Waals surface area contributed by atoms with Crippen LogP contribution in [0.5, 0.6) is 0 Å². The fourth-order valence-electron chi connectivity index (χ4n) is 3.62. The van der Waals surface area contributed by atoms with Crippen molar-refractivity contribution >= 4 is 27.6 Å². The van der Waals surface area contributed by atoms with Crippen LogP contribution in [0, 0.1) is 13.8 Å². The SMILES string of the molecule is Cc1sc2nc(CN3CCN(C/C=C/c4ccccc4)CC3)[nH]c(=O)c2c1C. The van der Waals surface area contributed by atoms with E-state index in [1.165, 1.54) is 10.4 Å². The highest BCUT2D eigenvalue weighted by Crippen LogP contribution is 2.25. The van der Waals surface area contributed by atoms with Crippen LogP contribution in [0.25, 0.3) is 16.3 Å². The third-order valence-electron chi connectivity index (χ3n) is 5.40. The standard InChI is InChI=1S/C22H26N4OS/c1-16-17(2)28-22-20(16)21(27)23-19(24-22)15-26-13-11-25(12-14-26)10-6-9-18-7-4-3-5-8-18/h3-9H,10-15H2,1-2H3,(H,23,24,27)/b9-6+. The zero-order valence-corrected chi connectivity index (χ0v) is 17.3. The average molecular weight is 395 g/mol. The average Bonchev–Trinajstić information content (AvgIpc) is 2.98. The number of H-pyrrole nitrogens is 1. The van der Waals surface area contributed by atoms with Gasteiger partial charge in [0, 0.05) is 37.6 Å². The van der Waals surface area contributed by atoms with Gasteiger partial charge >= 0.3 is 0 Å². The van der Waals surface area contributed by atoms with E-state index in [1.807, 2.05) is 19.9 Å². The smallest absolute Gasteiger partial charge is 0.259 e. The number of hydrogen-bond acceptors (Lipinski definition) is 5. The zero-order valence-electron chi connectivity index (χ0n) is 16.4. The number of aryl methyl sites for hydroxylation is 2. The number of benzene rings is 1. The van der Waals surface area contributed by atoms with Gasteiger partial charge in [-0.3, -0.25) is 14.6 Å². The van der Waals surface area contributed by atoms with Crippen molar-refractivity contribution < 1.29 is 0 Å². The summed E-state index contributed by atoms with van der Waals surface area (Å²) >= 11 is 1.61. The topological polar surface area (TPSA) is 52.2 Å². The van der Waals surface area contributed by atoms with Crippen LogP contribution in [0.15, 0.2) is 41.2 Å². The molecule has 0 amide bonds. The Balaban J connectivity index is 1.33. The summed E-state index contributed by atoms with van der Waals surface area (Å²) in [5, 5.41) is 0.751. The second-order valence-electron chi connectivity index (χ2n) is 7.37. The molecule has 4 rings (SSSR count). The summed E-state index contributed by atoms with van der Waals surface area (Å²) in [5.74, 6) is 0.774. The highest BCUT2D eigenvalue weighted by Gasteiger charge is 2.18. The summed E-state index contributed by atoms with van der Waals surface area (Å²) in [7, 11) is 0. The van der Waals surface area contributed by atoms with E-state index in [0.29, 0.717) is 6.54 Å². The van der Waals surface area contributed by atoms with Gasteiger partial charge in [0.2, 0.25) is 0 Å². The van der Waals surface area contributed by atoms with Gasteiger partial charge in [0.25, 0.3) is 5.56 Å². The lowest BCUT2D eigenvalue weighted by atomic mass is 10.2. The molecule has 146 valence electrons. The monoisotopic (exact) mass is 394 g/mol. The Morgan fingerprint density at radius 3 is 2.57 bits per heavy atom. The number of thiophene rings is 1. The maximum atomic E-state index is 12.4. The molecular weight excluding hydrogens is 368 g/mol. The molecule has 1 saturated heterocycles. The van der Waals surface area contributed by atoms with Crippen molar-refractivity contribution in [2.45, 2.75) is 20.4 Å². The van der Waals surface area contributed by atoms with Gasteiger partial charge in [0.1, 0.15) is 10.7 Å². The minimum absolute atomic E-state index is 0.00784. The minimum atomic E-state index is -0.00784. The molecule has 3 aromatic rings. The van der Waals surface area contributed by atoms with Crippen molar-refractivity contribution in [3.05, 3.63) is 68.6 Å². The van der Waals surface area contributed by atoms with E-state index in [0.717, 1.165) is 54.3 Å². The highest BCUT2D eigenvalue weighted by molar-refractivity contribution is 7.18. The maximum absolute atomic E-state index is 12.4. The van der Waals surface area contributed by atoms with Crippen LogP contribution < -0.4 is 5.56 Å². The minimum Gasteiger partial charge on any atom is -0.309 e. The van der Waals surface area contributed by atoms with Crippen molar-refractivity contribution in [3.63, 3.8) is 0 Å². The Kier molecular flexibility index (Phi) is 5.71. The number of aromatic nitrogens is 2. The molecular formula is C22H26N4OS. The van der Waals surface area contributed by atoms with Gasteiger partial charge in [0.05, 0.1) is 11.9 Å². The summed E-state index contributed by atoms with van der Waals surface area (Å²) in [6.45, 7) is 9.76. The molecule has 1 N–H and O–H groups in total. The van der Waals surface area contributed by atoms with E-state index in [4.69, 9.17) is 4.98 Å². The van der Waals surface area contributed by atoms with E-state index in [9.17, 15) is 4.79 Å². The van der Waals surface area contributed by atoms with Crippen LogP contribution >= 0.6 is 11.3 Å². The van der Waals surface area contributed by atoms with Gasteiger partial charge in [-0.2, -0.15) is 0 Å². The first-order valence-corrected chi connectivity index (χ1v) is 10.6. The molecule has 1 aliphatic rings. The van der Waals surface area contributed by atoms with E-state index in [1.54, 1.807) is 11.3 Å². The molecule has 2 aromatic heterocycles. The molecule has 3 heterocycles. The molecule has 28 heavy (non-hydrogen) atoms. The van der Waals surface area contributed by atoms with Crippen LogP contribution in [0.4, 0.5) is 0 Å². The predicted molar refractivity (Wildman–Crippen MR) is 117 cm³/mol. The van der Waals surface area contributed by atoms with Gasteiger partial charge in [0.15, 0.2) is 0 Å². The van der Waals surface area contributed by atoms with E-state index in [2.05, 4.69) is 51.2 Å². The van der Waals surface area contributed by atoms with Crippen LogP contribution in [0.2, 0.25) is 0 Å². The number of aromatic amines is 1. The molecule has 1 aromatic carbocycles. The Labute approximate surface area is 169 Å². The Morgan fingerprint density at radius 2 is 1.82 bits per heavy atom. The number of rotatable bonds is 5. The van der Waals surface area contributed by atoms with Crippen LogP contribution in [-0.2, 0) is 6.54 Å². The van der Waals surface area contributed by atoms with Crippen LogP contribution in [0.3, 0.4) is 0 Å². The first kappa shape index (κ1) is 19.1. The van der Waals surface area contributed by atoms with E-state index >= 15 is 0 Å². The lowest BCUT2D eigenvalue weighted by Gasteiger charge is -2.33. The lowest BCUT2D eigenvalue weighted by molar-refractivity contribution is 0.134. The van der Waals surface area contributed by atoms with Crippen molar-refractivity contribution in [3.8, 4) is 0 Å². The van der Waals surface area contributed by atoms with Gasteiger partial charge in [-0.15, -0.1) is 11.3 Å². The largest absolute Gasteiger partial charge is 0.309 e. The second kappa shape index (κ2) is 8.39. The predicted octanol–water partition coefficient (Wildman–Crippen LogP) is 3.43. The van der Waals surface area contributed by atoms with Gasteiger partial charge in [-0.1, -0.05) is 42.5 Å². The van der Waals surface area contributed by atoms with Crippen molar-refractivity contribution in [1.29, 1.82) is 0 Å². The molecule has 0 atom stereocenters. The summed E-state index contributed by atoms with van der Waals surface area (Å²) in [6, 6.07) is 10.4. The first-order valence-electron chi connectivity index (χ1n) is 9.75. The first-order chi connectivity index (χ1) is 13.6. The summed E-state index contributed by atoms with van der Waals surface area (Å²) in [6.07, 6.45) is 4.42. The van der Waals surface area contributed by atoms with Gasteiger partial charge in [-0.25, -0.2) is 4.98 Å². The summed E-state index contributed by atoms with van der Waals surface area (Å²) in [4.78, 5) is 27.0. The number of hydrogen-bond donors (Lipinski definition) is 1. The molecule has 0 unspecified atom stereocenters.